The molecule has 46 heavy (non-hydrogen) atoms. The fourth-order valence-electron chi connectivity index (χ4n) is 6.25. The maximum atomic E-state index is 12.6. The van der Waals surface area contributed by atoms with E-state index in [1.54, 1.807) is 0 Å². The van der Waals surface area contributed by atoms with Crippen molar-refractivity contribution in [3.05, 3.63) is 0 Å². The van der Waals surface area contributed by atoms with Crippen LogP contribution in [0.15, 0.2) is 0 Å². The van der Waals surface area contributed by atoms with Crippen molar-refractivity contribution in [1.29, 1.82) is 0 Å². The van der Waals surface area contributed by atoms with Crippen molar-refractivity contribution in [3.63, 3.8) is 0 Å². The van der Waals surface area contributed by atoms with Gasteiger partial charge in [0, 0.05) is 12.8 Å². The van der Waals surface area contributed by atoms with Gasteiger partial charge in [0.15, 0.2) is 0 Å². The molecule has 0 aliphatic heterocycles. The molecule has 0 saturated carbocycles. The van der Waals surface area contributed by atoms with E-state index in [0.29, 0.717) is 19.4 Å². The molecule has 0 amide bonds. The summed E-state index contributed by atoms with van der Waals surface area (Å²) in [5.74, 6) is 0.0276. The second-order valence-electron chi connectivity index (χ2n) is 14.2. The van der Waals surface area contributed by atoms with Gasteiger partial charge >= 0.3 is 11.9 Å². The van der Waals surface area contributed by atoms with Gasteiger partial charge in [-0.15, -0.1) is 0 Å². The molecule has 0 aromatic heterocycles. The summed E-state index contributed by atoms with van der Waals surface area (Å²) < 4.78 is 11.3. The summed E-state index contributed by atoms with van der Waals surface area (Å²) in [4.78, 5) is 26.8. The molecule has 0 saturated heterocycles. The molecule has 5 nitrogen and oxygen atoms in total. The highest BCUT2D eigenvalue weighted by Crippen LogP contribution is 2.18. The number of esters is 2. The average molecular weight is 652 g/mol. The molecular weight excluding hydrogens is 570 g/mol. The number of hydrogen-bond acceptors (Lipinski definition) is 5. The number of carbonyl (C=O) groups excluding carboxylic acids is 2. The van der Waals surface area contributed by atoms with E-state index in [1.165, 1.54) is 142 Å². The fraction of sp³-hybridized carbons (Fsp3) is 0.951. The number of rotatable bonds is 37. The average Bonchev–Trinajstić information content (AvgIpc) is 3.04. The summed E-state index contributed by atoms with van der Waals surface area (Å²) >= 11 is 0. The lowest BCUT2D eigenvalue weighted by Gasteiger charge is -2.18. The Labute approximate surface area is 288 Å². The van der Waals surface area contributed by atoms with E-state index in [1.807, 2.05) is 0 Å². The molecule has 0 fully saturated rings. The predicted molar refractivity (Wildman–Crippen MR) is 198 cm³/mol. The van der Waals surface area contributed by atoms with Crippen molar-refractivity contribution in [2.45, 2.75) is 226 Å². The van der Waals surface area contributed by atoms with Gasteiger partial charge in [-0.05, 0) is 77.9 Å². The fourth-order valence-corrected chi connectivity index (χ4v) is 6.25. The first kappa shape index (κ1) is 44.9. The molecule has 0 N–H and O–H groups in total. The van der Waals surface area contributed by atoms with E-state index < -0.39 is 0 Å². The van der Waals surface area contributed by atoms with Crippen LogP contribution in [0, 0.1) is 0 Å². The first-order valence-corrected chi connectivity index (χ1v) is 20.6. The maximum absolute atomic E-state index is 12.6. The van der Waals surface area contributed by atoms with Crippen molar-refractivity contribution >= 4 is 11.9 Å². The lowest BCUT2D eigenvalue weighted by Crippen LogP contribution is -2.20. The predicted octanol–water partition coefficient (Wildman–Crippen LogP) is 12.5. The smallest absolute Gasteiger partial charge is 0.306 e. The molecule has 0 spiro atoms. The molecule has 0 rings (SSSR count). The lowest BCUT2D eigenvalue weighted by atomic mass is 10.0. The van der Waals surface area contributed by atoms with Crippen LogP contribution in [0.25, 0.3) is 0 Å². The first-order valence-electron chi connectivity index (χ1n) is 20.6. The topological polar surface area (TPSA) is 55.8 Å². The van der Waals surface area contributed by atoms with Crippen LogP contribution in [0.1, 0.15) is 220 Å². The van der Waals surface area contributed by atoms with Gasteiger partial charge in [0.25, 0.3) is 0 Å². The Bertz CT molecular complexity index is 624. The maximum Gasteiger partial charge on any atom is 0.306 e. The summed E-state index contributed by atoms with van der Waals surface area (Å²) in [6.07, 6.45) is 36.6. The lowest BCUT2D eigenvalue weighted by molar-refractivity contribution is -0.150. The van der Waals surface area contributed by atoms with Gasteiger partial charge in [-0.3, -0.25) is 9.59 Å². The van der Waals surface area contributed by atoms with Crippen molar-refractivity contribution in [2.24, 2.45) is 0 Å². The minimum atomic E-state index is -0.0137. The van der Waals surface area contributed by atoms with Gasteiger partial charge in [0.1, 0.15) is 6.10 Å². The first-order chi connectivity index (χ1) is 22.5. The van der Waals surface area contributed by atoms with Crippen molar-refractivity contribution in [3.8, 4) is 0 Å². The Morgan fingerprint density at radius 1 is 0.457 bits per heavy atom. The van der Waals surface area contributed by atoms with Crippen molar-refractivity contribution in [1.82, 2.24) is 4.90 Å². The summed E-state index contributed by atoms with van der Waals surface area (Å²) in [7, 11) is 2.25. The zero-order valence-electron chi connectivity index (χ0n) is 31.7. The molecule has 0 aliphatic rings. The number of ether oxygens (including phenoxy) is 2. The summed E-state index contributed by atoms with van der Waals surface area (Å²) in [5.41, 5.74) is 0. The quantitative estimate of drug-likeness (QED) is 0.0494. The molecule has 0 unspecified atom stereocenters. The third-order valence-electron chi connectivity index (χ3n) is 9.41. The van der Waals surface area contributed by atoms with Crippen molar-refractivity contribution in [2.75, 3.05) is 26.7 Å². The third-order valence-corrected chi connectivity index (χ3v) is 9.41. The second kappa shape index (κ2) is 36.7. The standard InChI is InChI=1S/C41H81NO4/c1-5-8-11-13-19-25-32-39(33-26-20-14-12-9-6-2)46-41(44)35-28-22-18-24-30-37-42(4)36-29-23-17-15-16-21-27-34-40(43)45-38-31-10-7-3/h39H,5-38H2,1-4H3. The third kappa shape index (κ3) is 34.2. The van der Waals surface area contributed by atoms with Gasteiger partial charge in [0.2, 0.25) is 0 Å². The number of hydrogen-bond donors (Lipinski definition) is 0. The Balaban J connectivity index is 3.76. The Morgan fingerprint density at radius 3 is 1.30 bits per heavy atom. The van der Waals surface area contributed by atoms with Crippen LogP contribution in [-0.2, 0) is 19.1 Å². The van der Waals surface area contributed by atoms with Gasteiger partial charge < -0.3 is 14.4 Å². The van der Waals surface area contributed by atoms with Gasteiger partial charge in [0.05, 0.1) is 6.61 Å². The van der Waals surface area contributed by atoms with Crippen LogP contribution in [-0.4, -0.2) is 49.7 Å². The Hall–Kier alpha value is -1.10. The number of carbonyl (C=O) groups is 2. The molecule has 0 aliphatic carbocycles. The highest BCUT2D eigenvalue weighted by atomic mass is 16.5. The molecule has 0 radical (unpaired) electrons. The van der Waals surface area contributed by atoms with Crippen LogP contribution >= 0.6 is 0 Å². The van der Waals surface area contributed by atoms with Crippen LogP contribution in [0.5, 0.6) is 0 Å². The summed E-state index contributed by atoms with van der Waals surface area (Å²) in [6.45, 7) is 9.66. The van der Waals surface area contributed by atoms with Crippen molar-refractivity contribution < 1.29 is 19.1 Å². The second-order valence-corrected chi connectivity index (χ2v) is 14.2. The zero-order valence-corrected chi connectivity index (χ0v) is 31.7. The highest BCUT2D eigenvalue weighted by Gasteiger charge is 2.14. The SMILES string of the molecule is CCCCCCCCC(CCCCCCCC)OC(=O)CCCCCCCN(C)CCCCCCCCCC(=O)OCCCCC. The van der Waals surface area contributed by atoms with E-state index >= 15 is 0 Å². The van der Waals surface area contributed by atoms with Crippen LogP contribution < -0.4 is 0 Å². The number of unbranched alkanes of at least 4 members (excludes halogenated alkanes) is 22. The molecule has 0 aromatic carbocycles. The van der Waals surface area contributed by atoms with Crippen LogP contribution in [0.3, 0.4) is 0 Å². The monoisotopic (exact) mass is 652 g/mol. The Morgan fingerprint density at radius 2 is 0.826 bits per heavy atom. The van der Waals surface area contributed by atoms with E-state index in [-0.39, 0.29) is 18.0 Å². The minimum absolute atomic E-state index is 0.0137. The zero-order chi connectivity index (χ0) is 33.8. The van der Waals surface area contributed by atoms with E-state index in [9.17, 15) is 9.59 Å². The van der Waals surface area contributed by atoms with E-state index in [2.05, 4.69) is 32.7 Å². The molecule has 0 aromatic rings. The number of nitrogens with zero attached hydrogens (tertiary/aromatic N) is 1. The summed E-state index contributed by atoms with van der Waals surface area (Å²) in [5, 5.41) is 0. The van der Waals surface area contributed by atoms with Gasteiger partial charge in [-0.25, -0.2) is 0 Å². The molecule has 0 atom stereocenters. The largest absolute Gasteiger partial charge is 0.466 e. The van der Waals surface area contributed by atoms with Gasteiger partial charge in [-0.2, -0.15) is 0 Å². The Kier molecular flexibility index (Phi) is 35.9. The minimum Gasteiger partial charge on any atom is -0.466 e. The normalized spacial score (nSPS) is 11.5. The molecule has 0 heterocycles. The highest BCUT2D eigenvalue weighted by molar-refractivity contribution is 5.69. The van der Waals surface area contributed by atoms with Crippen LogP contribution in [0.2, 0.25) is 0 Å². The van der Waals surface area contributed by atoms with Gasteiger partial charge in [-0.1, -0.05) is 149 Å². The van der Waals surface area contributed by atoms with E-state index in [0.717, 1.165) is 57.8 Å². The molecule has 0 bridgehead atoms. The molecule has 274 valence electrons. The molecule has 5 heteroatoms. The van der Waals surface area contributed by atoms with E-state index in [4.69, 9.17) is 9.47 Å². The summed E-state index contributed by atoms with van der Waals surface area (Å²) in [6, 6.07) is 0. The van der Waals surface area contributed by atoms with Crippen LogP contribution in [0.4, 0.5) is 0 Å². The molecular formula is C41H81NO4.